The average Bonchev–Trinajstić information content (AvgIpc) is 3.24. The molecule has 2 heterocycles. The third-order valence-corrected chi connectivity index (χ3v) is 4.90. The Morgan fingerprint density at radius 3 is 2.58 bits per heavy atom. The lowest BCUT2D eigenvalue weighted by molar-refractivity contribution is -0.149. The highest BCUT2D eigenvalue weighted by Crippen LogP contribution is 2.23. The van der Waals surface area contributed by atoms with E-state index in [4.69, 9.17) is 0 Å². The predicted molar refractivity (Wildman–Crippen MR) is 90.1 cm³/mol. The number of hydrogen-bond acceptors (Lipinski definition) is 3. The Kier molecular flexibility index (Phi) is 5.28. The second-order valence-electron chi connectivity index (χ2n) is 6.57. The van der Waals surface area contributed by atoms with E-state index in [0.29, 0.717) is 32.4 Å². The van der Waals surface area contributed by atoms with Gasteiger partial charge in [-0.1, -0.05) is 30.3 Å². The number of carbonyl (C=O) groups is 3. The highest BCUT2D eigenvalue weighted by molar-refractivity contribution is 6.00. The van der Waals surface area contributed by atoms with Gasteiger partial charge >= 0.3 is 0 Å². The molecular weight excluding hydrogens is 304 g/mol. The molecule has 2 fully saturated rings. The predicted octanol–water partition coefficient (Wildman–Crippen LogP) is 2.15. The van der Waals surface area contributed by atoms with Crippen molar-refractivity contribution in [2.24, 2.45) is 0 Å². The number of amides is 3. The Morgan fingerprint density at radius 1 is 1.08 bits per heavy atom. The number of benzene rings is 1. The van der Waals surface area contributed by atoms with Crippen LogP contribution in [-0.2, 0) is 20.8 Å². The molecule has 0 aliphatic carbocycles. The van der Waals surface area contributed by atoms with E-state index >= 15 is 0 Å². The van der Waals surface area contributed by atoms with Gasteiger partial charge in [0.1, 0.15) is 6.04 Å². The molecule has 1 atom stereocenters. The number of aryl methyl sites for hydroxylation is 1. The topological polar surface area (TPSA) is 57.7 Å². The lowest BCUT2D eigenvalue weighted by Gasteiger charge is -2.27. The van der Waals surface area contributed by atoms with Gasteiger partial charge in [-0.2, -0.15) is 0 Å². The molecule has 2 aliphatic rings. The molecule has 0 saturated carbocycles. The van der Waals surface area contributed by atoms with Gasteiger partial charge in [-0.25, -0.2) is 0 Å². The number of hydrogen-bond donors (Lipinski definition) is 0. The number of imide groups is 1. The molecule has 0 aromatic heterocycles. The zero-order valence-electron chi connectivity index (χ0n) is 13.9. The van der Waals surface area contributed by atoms with Crippen LogP contribution in [0.5, 0.6) is 0 Å². The number of carbonyl (C=O) groups excluding carboxylic acids is 3. The minimum Gasteiger partial charge on any atom is -0.331 e. The Balaban J connectivity index is 1.53. The molecule has 0 radical (unpaired) electrons. The van der Waals surface area contributed by atoms with Crippen molar-refractivity contribution >= 4 is 17.7 Å². The van der Waals surface area contributed by atoms with Gasteiger partial charge in [0, 0.05) is 25.9 Å². The summed E-state index contributed by atoms with van der Waals surface area (Å²) in [6, 6.07) is 9.67. The first-order valence-electron chi connectivity index (χ1n) is 8.84. The van der Waals surface area contributed by atoms with Gasteiger partial charge in [0.2, 0.25) is 11.8 Å². The van der Waals surface area contributed by atoms with Crippen LogP contribution in [0.3, 0.4) is 0 Å². The van der Waals surface area contributed by atoms with Crippen molar-refractivity contribution in [2.45, 2.75) is 51.0 Å². The molecule has 2 aliphatic heterocycles. The van der Waals surface area contributed by atoms with Crippen LogP contribution in [0.25, 0.3) is 0 Å². The second kappa shape index (κ2) is 7.60. The summed E-state index contributed by atoms with van der Waals surface area (Å²) in [5.74, 6) is -0.233. The van der Waals surface area contributed by atoms with Crippen LogP contribution in [-0.4, -0.2) is 46.7 Å². The fraction of sp³-hybridized carbons (Fsp3) is 0.526. The van der Waals surface area contributed by atoms with Crippen LogP contribution in [0.2, 0.25) is 0 Å². The summed E-state index contributed by atoms with van der Waals surface area (Å²) in [4.78, 5) is 39.9. The largest absolute Gasteiger partial charge is 0.331 e. The number of likely N-dealkylation sites (tertiary alicyclic amines) is 2. The van der Waals surface area contributed by atoms with Gasteiger partial charge in [-0.05, 0) is 37.7 Å². The summed E-state index contributed by atoms with van der Waals surface area (Å²) in [7, 11) is 0. The standard InChI is InChI=1S/C19H24N2O3/c22-17(11-4-9-15-7-2-1-3-8-15)20-13-5-10-16(20)19(24)21-14-6-12-18(21)23/h1-3,7-8,16H,4-6,9-14H2/t16-/m0/s1. The number of rotatable bonds is 5. The van der Waals surface area contributed by atoms with Crippen molar-refractivity contribution in [1.82, 2.24) is 9.80 Å². The minimum absolute atomic E-state index is 0.0356. The van der Waals surface area contributed by atoms with Gasteiger partial charge in [-0.3, -0.25) is 19.3 Å². The first-order valence-corrected chi connectivity index (χ1v) is 8.84. The molecule has 0 N–H and O–H groups in total. The summed E-state index contributed by atoms with van der Waals surface area (Å²) < 4.78 is 0. The van der Waals surface area contributed by atoms with E-state index in [-0.39, 0.29) is 17.7 Å². The fourth-order valence-corrected chi connectivity index (χ4v) is 3.62. The van der Waals surface area contributed by atoms with E-state index in [0.717, 1.165) is 25.7 Å². The van der Waals surface area contributed by atoms with Crippen LogP contribution in [0.4, 0.5) is 0 Å². The smallest absolute Gasteiger partial charge is 0.251 e. The third kappa shape index (κ3) is 3.66. The van der Waals surface area contributed by atoms with E-state index < -0.39 is 6.04 Å². The molecule has 128 valence electrons. The summed E-state index contributed by atoms with van der Waals surface area (Å²) >= 11 is 0. The average molecular weight is 328 g/mol. The van der Waals surface area contributed by atoms with E-state index in [1.807, 2.05) is 18.2 Å². The minimum atomic E-state index is -0.434. The molecule has 2 saturated heterocycles. The maximum Gasteiger partial charge on any atom is 0.251 e. The Hall–Kier alpha value is -2.17. The van der Waals surface area contributed by atoms with E-state index in [1.54, 1.807) is 4.90 Å². The maximum absolute atomic E-state index is 12.6. The SMILES string of the molecule is O=C1CCCN1C(=O)[C@@H]1CCCN1C(=O)CCCc1ccccc1. The fourth-order valence-electron chi connectivity index (χ4n) is 3.62. The molecule has 1 aromatic carbocycles. The van der Waals surface area contributed by atoms with Crippen molar-refractivity contribution in [3.63, 3.8) is 0 Å². The van der Waals surface area contributed by atoms with Crippen LogP contribution >= 0.6 is 0 Å². The van der Waals surface area contributed by atoms with E-state index in [2.05, 4.69) is 12.1 Å². The first-order chi connectivity index (χ1) is 11.7. The van der Waals surface area contributed by atoms with Crippen molar-refractivity contribution in [3.05, 3.63) is 35.9 Å². The molecule has 0 unspecified atom stereocenters. The molecule has 1 aromatic rings. The lowest BCUT2D eigenvalue weighted by atomic mass is 10.1. The molecular formula is C19H24N2O3. The maximum atomic E-state index is 12.6. The van der Waals surface area contributed by atoms with Crippen LogP contribution in [0, 0.1) is 0 Å². The Bertz CT molecular complexity index is 614. The Morgan fingerprint density at radius 2 is 1.88 bits per heavy atom. The lowest BCUT2D eigenvalue weighted by Crippen LogP contribution is -2.48. The summed E-state index contributed by atoms with van der Waals surface area (Å²) in [5.41, 5.74) is 1.22. The van der Waals surface area contributed by atoms with Crippen LogP contribution in [0.15, 0.2) is 30.3 Å². The van der Waals surface area contributed by atoms with Crippen molar-refractivity contribution < 1.29 is 14.4 Å². The molecule has 0 bridgehead atoms. The third-order valence-electron chi connectivity index (χ3n) is 4.90. The van der Waals surface area contributed by atoms with Gasteiger partial charge < -0.3 is 4.90 Å². The molecule has 5 heteroatoms. The van der Waals surface area contributed by atoms with E-state index in [1.165, 1.54) is 10.5 Å². The second-order valence-corrected chi connectivity index (χ2v) is 6.57. The quantitative estimate of drug-likeness (QED) is 0.778. The molecule has 5 nitrogen and oxygen atoms in total. The molecule has 0 spiro atoms. The van der Waals surface area contributed by atoms with Crippen LogP contribution in [0.1, 0.15) is 44.1 Å². The Labute approximate surface area is 142 Å². The zero-order valence-corrected chi connectivity index (χ0v) is 13.9. The van der Waals surface area contributed by atoms with Crippen molar-refractivity contribution in [2.75, 3.05) is 13.1 Å². The number of nitrogens with zero attached hydrogens (tertiary/aromatic N) is 2. The van der Waals surface area contributed by atoms with Crippen molar-refractivity contribution in [1.29, 1.82) is 0 Å². The summed E-state index contributed by atoms with van der Waals surface area (Å²) in [6.07, 6.45) is 4.79. The van der Waals surface area contributed by atoms with Gasteiger partial charge in [-0.15, -0.1) is 0 Å². The zero-order chi connectivity index (χ0) is 16.9. The molecule has 3 amide bonds. The van der Waals surface area contributed by atoms with Gasteiger partial charge in [0.05, 0.1) is 0 Å². The first kappa shape index (κ1) is 16.7. The normalized spacial score (nSPS) is 20.7. The molecule has 24 heavy (non-hydrogen) atoms. The van der Waals surface area contributed by atoms with Gasteiger partial charge in [0.25, 0.3) is 5.91 Å². The van der Waals surface area contributed by atoms with Crippen molar-refractivity contribution in [3.8, 4) is 0 Å². The summed E-state index contributed by atoms with van der Waals surface area (Å²) in [5, 5.41) is 0. The van der Waals surface area contributed by atoms with Crippen LogP contribution < -0.4 is 0 Å². The molecule has 3 rings (SSSR count). The highest BCUT2D eigenvalue weighted by Gasteiger charge is 2.39. The van der Waals surface area contributed by atoms with E-state index in [9.17, 15) is 14.4 Å². The monoisotopic (exact) mass is 328 g/mol. The summed E-state index contributed by atoms with van der Waals surface area (Å²) in [6.45, 7) is 1.13. The highest BCUT2D eigenvalue weighted by atomic mass is 16.2. The van der Waals surface area contributed by atoms with Gasteiger partial charge in [0.15, 0.2) is 0 Å².